The summed E-state index contributed by atoms with van der Waals surface area (Å²) >= 11 is 0. The zero-order valence-electron chi connectivity index (χ0n) is 25.5. The van der Waals surface area contributed by atoms with Crippen molar-refractivity contribution in [2.45, 2.75) is 64.1 Å². The minimum atomic E-state index is -0.798. The summed E-state index contributed by atoms with van der Waals surface area (Å²) in [6.07, 6.45) is -1.20. The molecule has 10 heteroatoms. The van der Waals surface area contributed by atoms with Gasteiger partial charge in [0, 0.05) is 32.9 Å². The van der Waals surface area contributed by atoms with Crippen LogP contribution in [0.3, 0.4) is 0 Å². The third-order valence-corrected chi connectivity index (χ3v) is 6.08. The standard InChI is InChI=1S/C21H27NO3.C12H17FN2O3/c1-21(2,3)25-20(23)22-19(14-16-9-6-5-7-10-16)18-12-8-11-17(13-18)15-24-4;1-18-11(6-10(16)7-14)12(17)15-9-4-2-8(13)3-5-9/h5-13,19H,14-15H2,1-4H3,(H,22,23);2-5,10-11,16H,6-7,14H2,1H3,(H,15,17). The van der Waals surface area contributed by atoms with Gasteiger partial charge in [-0.1, -0.05) is 54.6 Å². The van der Waals surface area contributed by atoms with E-state index in [2.05, 4.69) is 28.8 Å². The van der Waals surface area contributed by atoms with Crippen LogP contribution in [0.5, 0.6) is 0 Å². The quantitative estimate of drug-likeness (QED) is 0.228. The Labute approximate surface area is 253 Å². The molecule has 2 amide bonds. The van der Waals surface area contributed by atoms with Gasteiger partial charge in [0.25, 0.3) is 5.91 Å². The monoisotopic (exact) mass is 597 g/mol. The average Bonchev–Trinajstić information content (AvgIpc) is 2.97. The van der Waals surface area contributed by atoms with Gasteiger partial charge in [-0.2, -0.15) is 0 Å². The fourth-order valence-electron chi connectivity index (χ4n) is 4.03. The molecule has 5 N–H and O–H groups in total. The van der Waals surface area contributed by atoms with Gasteiger partial charge in [-0.3, -0.25) is 4.79 Å². The van der Waals surface area contributed by atoms with Gasteiger partial charge in [0.2, 0.25) is 0 Å². The van der Waals surface area contributed by atoms with Crippen LogP contribution in [0.2, 0.25) is 0 Å². The number of nitrogens with one attached hydrogen (secondary N) is 2. The number of benzene rings is 3. The molecule has 3 rings (SSSR count). The Morgan fingerprint density at radius 1 is 0.953 bits per heavy atom. The number of halogens is 1. The Bertz CT molecular complexity index is 1250. The van der Waals surface area contributed by atoms with E-state index in [0.717, 1.165) is 16.7 Å². The van der Waals surface area contributed by atoms with E-state index in [-0.39, 0.29) is 24.8 Å². The molecular formula is C33H44FN3O6. The molecule has 0 heterocycles. The van der Waals surface area contributed by atoms with Crippen molar-refractivity contribution in [3.05, 3.63) is 101 Å². The fraction of sp³-hybridized carbons (Fsp3) is 0.394. The third-order valence-electron chi connectivity index (χ3n) is 6.08. The van der Waals surface area contributed by atoms with E-state index in [0.29, 0.717) is 18.7 Å². The lowest BCUT2D eigenvalue weighted by molar-refractivity contribution is -0.127. The molecule has 0 bridgehead atoms. The minimum absolute atomic E-state index is 0.0592. The van der Waals surface area contributed by atoms with Crippen molar-refractivity contribution in [2.24, 2.45) is 5.73 Å². The lowest BCUT2D eigenvalue weighted by atomic mass is 9.97. The molecule has 0 saturated heterocycles. The number of hydrogen-bond donors (Lipinski definition) is 4. The second kappa shape index (κ2) is 18.0. The number of aliphatic hydroxyl groups excluding tert-OH is 1. The van der Waals surface area contributed by atoms with Crippen molar-refractivity contribution >= 4 is 17.7 Å². The molecule has 0 aliphatic carbocycles. The number of anilines is 1. The first-order valence-corrected chi connectivity index (χ1v) is 14.0. The lowest BCUT2D eigenvalue weighted by Gasteiger charge is -2.24. The molecule has 43 heavy (non-hydrogen) atoms. The first kappa shape index (κ1) is 35.4. The maximum atomic E-state index is 12.7. The smallest absolute Gasteiger partial charge is 0.408 e. The Kier molecular flexibility index (Phi) is 14.8. The number of nitrogens with two attached hydrogens (primary N) is 1. The fourth-order valence-corrected chi connectivity index (χ4v) is 4.03. The van der Waals surface area contributed by atoms with Gasteiger partial charge in [0.15, 0.2) is 0 Å². The summed E-state index contributed by atoms with van der Waals surface area (Å²) in [6.45, 7) is 6.18. The Morgan fingerprint density at radius 3 is 2.19 bits per heavy atom. The molecular weight excluding hydrogens is 553 g/mol. The molecule has 3 unspecified atom stereocenters. The summed E-state index contributed by atoms with van der Waals surface area (Å²) in [5, 5.41) is 14.9. The van der Waals surface area contributed by atoms with Gasteiger partial charge >= 0.3 is 6.09 Å². The highest BCUT2D eigenvalue weighted by molar-refractivity contribution is 5.94. The number of hydrogen-bond acceptors (Lipinski definition) is 7. The van der Waals surface area contributed by atoms with E-state index in [1.807, 2.05) is 57.2 Å². The molecule has 3 aromatic rings. The van der Waals surface area contributed by atoms with Crippen LogP contribution in [-0.2, 0) is 32.0 Å². The summed E-state index contributed by atoms with van der Waals surface area (Å²) in [5.74, 6) is -0.786. The zero-order chi connectivity index (χ0) is 31.8. The highest BCUT2D eigenvalue weighted by atomic mass is 19.1. The normalized spacial score (nSPS) is 13.1. The van der Waals surface area contributed by atoms with Crippen LogP contribution in [0.4, 0.5) is 14.9 Å². The van der Waals surface area contributed by atoms with Gasteiger partial charge in [-0.25, -0.2) is 9.18 Å². The summed E-state index contributed by atoms with van der Waals surface area (Å²) < 4.78 is 28.3. The molecule has 0 fully saturated rings. The number of methoxy groups -OCH3 is 2. The van der Waals surface area contributed by atoms with Crippen molar-refractivity contribution in [1.82, 2.24) is 5.32 Å². The molecule has 0 spiro atoms. The van der Waals surface area contributed by atoms with Crippen LogP contribution in [0, 0.1) is 5.82 Å². The minimum Gasteiger partial charge on any atom is -0.444 e. The highest BCUT2D eigenvalue weighted by Gasteiger charge is 2.22. The number of aliphatic hydroxyl groups is 1. The van der Waals surface area contributed by atoms with Gasteiger partial charge in [0.05, 0.1) is 18.8 Å². The predicted octanol–water partition coefficient (Wildman–Crippen LogP) is 5.13. The van der Waals surface area contributed by atoms with E-state index in [4.69, 9.17) is 19.9 Å². The van der Waals surface area contributed by atoms with Crippen molar-refractivity contribution in [2.75, 3.05) is 26.1 Å². The maximum Gasteiger partial charge on any atom is 0.408 e. The molecule has 9 nitrogen and oxygen atoms in total. The average molecular weight is 598 g/mol. The van der Waals surface area contributed by atoms with Crippen LogP contribution >= 0.6 is 0 Å². The van der Waals surface area contributed by atoms with E-state index >= 15 is 0 Å². The first-order valence-electron chi connectivity index (χ1n) is 14.0. The molecule has 3 atom stereocenters. The zero-order valence-corrected chi connectivity index (χ0v) is 25.5. The van der Waals surface area contributed by atoms with Crippen molar-refractivity contribution in [3.8, 4) is 0 Å². The molecule has 0 radical (unpaired) electrons. The van der Waals surface area contributed by atoms with E-state index in [1.165, 1.54) is 31.4 Å². The number of carbonyl (C=O) groups is 2. The molecule has 234 valence electrons. The van der Waals surface area contributed by atoms with Crippen molar-refractivity contribution < 1.29 is 33.3 Å². The van der Waals surface area contributed by atoms with Crippen molar-refractivity contribution in [1.29, 1.82) is 0 Å². The Morgan fingerprint density at radius 2 is 1.60 bits per heavy atom. The van der Waals surface area contributed by atoms with E-state index in [9.17, 15) is 19.1 Å². The SMILES string of the molecule is COC(CC(O)CN)C(=O)Nc1ccc(F)cc1.COCc1cccc(C(Cc2ccccc2)NC(=O)OC(C)(C)C)c1. The summed E-state index contributed by atoms with van der Waals surface area (Å²) in [5.41, 5.74) is 8.46. The van der Waals surface area contributed by atoms with Crippen LogP contribution in [-0.4, -0.2) is 55.7 Å². The summed E-state index contributed by atoms with van der Waals surface area (Å²) in [6, 6.07) is 23.4. The van der Waals surface area contributed by atoms with E-state index < -0.39 is 29.8 Å². The second-order valence-electron chi connectivity index (χ2n) is 10.9. The van der Waals surface area contributed by atoms with Crippen LogP contribution in [0.15, 0.2) is 78.9 Å². The second-order valence-corrected chi connectivity index (χ2v) is 10.9. The number of rotatable bonds is 12. The number of ether oxygens (including phenoxy) is 3. The summed E-state index contributed by atoms with van der Waals surface area (Å²) in [4.78, 5) is 24.1. The number of alkyl carbamates (subject to hydrolysis) is 1. The topological polar surface area (TPSA) is 132 Å². The molecule has 3 aromatic carbocycles. The van der Waals surface area contributed by atoms with Crippen LogP contribution in [0.25, 0.3) is 0 Å². The van der Waals surface area contributed by atoms with E-state index in [1.54, 1.807) is 7.11 Å². The molecule has 0 aliphatic heterocycles. The van der Waals surface area contributed by atoms with Gasteiger partial charge in [0.1, 0.15) is 17.5 Å². The lowest BCUT2D eigenvalue weighted by Crippen LogP contribution is -2.35. The third kappa shape index (κ3) is 13.8. The van der Waals surface area contributed by atoms with Crippen LogP contribution < -0.4 is 16.4 Å². The highest BCUT2D eigenvalue weighted by Crippen LogP contribution is 2.21. The molecule has 0 saturated carbocycles. The van der Waals surface area contributed by atoms with Crippen molar-refractivity contribution in [3.63, 3.8) is 0 Å². The van der Waals surface area contributed by atoms with Gasteiger partial charge in [-0.15, -0.1) is 0 Å². The predicted molar refractivity (Wildman–Crippen MR) is 165 cm³/mol. The summed E-state index contributed by atoms with van der Waals surface area (Å²) in [7, 11) is 3.05. The van der Waals surface area contributed by atoms with Crippen LogP contribution in [0.1, 0.15) is 49.9 Å². The number of amides is 2. The first-order chi connectivity index (χ1) is 20.4. The molecule has 0 aliphatic rings. The number of carbonyl (C=O) groups excluding carboxylic acids is 2. The maximum absolute atomic E-state index is 12.7. The Hall–Kier alpha value is -3.83. The van der Waals surface area contributed by atoms with Gasteiger partial charge in [-0.05, 0) is 68.1 Å². The molecule has 0 aromatic heterocycles. The van der Waals surface area contributed by atoms with Gasteiger partial charge < -0.3 is 35.7 Å². The Balaban J connectivity index is 0.000000317. The largest absolute Gasteiger partial charge is 0.444 e.